The third-order valence-electron chi connectivity index (χ3n) is 3.91. The molecule has 0 radical (unpaired) electrons. The largest absolute Gasteiger partial charge is 0.312 e. The molecular formula is C15H18N2O2. The first-order chi connectivity index (χ1) is 9.25. The fraction of sp³-hybridized carbons (Fsp3) is 0.467. The quantitative estimate of drug-likeness (QED) is 0.840. The molecule has 1 unspecified atom stereocenters. The lowest BCUT2D eigenvalue weighted by Gasteiger charge is -2.16. The minimum absolute atomic E-state index is 0.0285. The van der Waals surface area contributed by atoms with Crippen molar-refractivity contribution in [3.63, 3.8) is 0 Å². The summed E-state index contributed by atoms with van der Waals surface area (Å²) in [5, 5.41) is 3.22. The second-order valence-corrected chi connectivity index (χ2v) is 5.21. The Kier molecular flexibility index (Phi) is 3.34. The standard InChI is InChI=1S/C15H18N2O2/c18-14-4-2-10-17(14)12-7-5-11(6-8-12)15(19)13-3-1-9-16-13/h5-8,13,16H,1-4,9-10H2. The number of ketones is 1. The summed E-state index contributed by atoms with van der Waals surface area (Å²) in [4.78, 5) is 25.6. The number of benzene rings is 1. The van der Waals surface area contributed by atoms with Crippen LogP contribution in [0.4, 0.5) is 5.69 Å². The Morgan fingerprint density at radius 3 is 2.58 bits per heavy atom. The highest BCUT2D eigenvalue weighted by Gasteiger charge is 2.24. The average molecular weight is 258 g/mol. The molecule has 2 saturated heterocycles. The number of rotatable bonds is 3. The zero-order valence-corrected chi connectivity index (χ0v) is 10.9. The Balaban J connectivity index is 1.75. The first kappa shape index (κ1) is 12.4. The van der Waals surface area contributed by atoms with Crippen molar-refractivity contribution in [2.75, 3.05) is 18.0 Å². The van der Waals surface area contributed by atoms with Crippen LogP contribution in [0.3, 0.4) is 0 Å². The predicted octanol–water partition coefficient (Wildman–Crippen LogP) is 1.75. The van der Waals surface area contributed by atoms with Crippen molar-refractivity contribution >= 4 is 17.4 Å². The van der Waals surface area contributed by atoms with Crippen LogP contribution in [0.25, 0.3) is 0 Å². The fourth-order valence-corrected chi connectivity index (χ4v) is 2.84. The van der Waals surface area contributed by atoms with E-state index in [1.807, 2.05) is 24.3 Å². The van der Waals surface area contributed by atoms with E-state index in [2.05, 4.69) is 5.32 Å². The Hall–Kier alpha value is -1.68. The molecule has 0 aromatic heterocycles. The number of carbonyl (C=O) groups is 2. The van der Waals surface area contributed by atoms with Gasteiger partial charge in [-0.1, -0.05) is 0 Å². The molecule has 2 aliphatic rings. The third kappa shape index (κ3) is 2.40. The molecular weight excluding hydrogens is 240 g/mol. The maximum Gasteiger partial charge on any atom is 0.227 e. The van der Waals surface area contributed by atoms with Gasteiger partial charge in [-0.2, -0.15) is 0 Å². The second kappa shape index (κ2) is 5.13. The summed E-state index contributed by atoms with van der Waals surface area (Å²) in [5.41, 5.74) is 1.63. The molecule has 2 aliphatic heterocycles. The Labute approximate surface area is 112 Å². The van der Waals surface area contributed by atoms with Gasteiger partial charge in [0.2, 0.25) is 5.91 Å². The summed E-state index contributed by atoms with van der Waals surface area (Å²) in [6.07, 6.45) is 3.54. The molecule has 1 amide bonds. The van der Waals surface area contributed by atoms with Crippen molar-refractivity contribution in [3.05, 3.63) is 29.8 Å². The van der Waals surface area contributed by atoms with E-state index in [4.69, 9.17) is 0 Å². The smallest absolute Gasteiger partial charge is 0.227 e. The summed E-state index contributed by atoms with van der Waals surface area (Å²) >= 11 is 0. The average Bonchev–Trinajstić information content (AvgIpc) is 3.09. The van der Waals surface area contributed by atoms with Crippen LogP contribution >= 0.6 is 0 Å². The van der Waals surface area contributed by atoms with E-state index in [9.17, 15) is 9.59 Å². The van der Waals surface area contributed by atoms with Crippen LogP contribution in [-0.4, -0.2) is 30.8 Å². The summed E-state index contributed by atoms with van der Waals surface area (Å²) in [7, 11) is 0. The van der Waals surface area contributed by atoms with Gasteiger partial charge in [-0.3, -0.25) is 9.59 Å². The number of anilines is 1. The number of hydrogen-bond acceptors (Lipinski definition) is 3. The molecule has 19 heavy (non-hydrogen) atoms. The lowest BCUT2D eigenvalue weighted by molar-refractivity contribution is -0.117. The fourth-order valence-electron chi connectivity index (χ4n) is 2.84. The van der Waals surface area contributed by atoms with Gasteiger partial charge in [-0.15, -0.1) is 0 Å². The molecule has 0 saturated carbocycles. The van der Waals surface area contributed by atoms with Gasteiger partial charge in [0.05, 0.1) is 6.04 Å². The van der Waals surface area contributed by atoms with Gasteiger partial charge in [0.15, 0.2) is 5.78 Å². The van der Waals surface area contributed by atoms with Gasteiger partial charge in [-0.05, 0) is 50.1 Å². The van der Waals surface area contributed by atoms with Crippen LogP contribution < -0.4 is 10.2 Å². The number of amides is 1. The first-order valence-electron chi connectivity index (χ1n) is 6.94. The normalized spacial score (nSPS) is 23.1. The van der Waals surface area contributed by atoms with Crippen molar-refractivity contribution in [2.45, 2.75) is 31.7 Å². The van der Waals surface area contributed by atoms with Crippen LogP contribution in [0.15, 0.2) is 24.3 Å². The minimum Gasteiger partial charge on any atom is -0.312 e. The van der Waals surface area contributed by atoms with Crippen LogP contribution in [0.1, 0.15) is 36.0 Å². The molecule has 3 rings (SSSR count). The molecule has 100 valence electrons. The van der Waals surface area contributed by atoms with Gasteiger partial charge in [0.25, 0.3) is 0 Å². The minimum atomic E-state index is -0.0285. The number of hydrogen-bond donors (Lipinski definition) is 1. The van der Waals surface area contributed by atoms with Crippen molar-refractivity contribution < 1.29 is 9.59 Å². The SMILES string of the molecule is O=C(c1ccc(N2CCCC2=O)cc1)C1CCCN1. The Morgan fingerprint density at radius 2 is 2.00 bits per heavy atom. The van der Waals surface area contributed by atoms with Crippen molar-refractivity contribution in [2.24, 2.45) is 0 Å². The molecule has 1 atom stereocenters. The van der Waals surface area contributed by atoms with Gasteiger partial charge < -0.3 is 10.2 Å². The maximum atomic E-state index is 12.2. The Bertz CT molecular complexity index is 489. The van der Waals surface area contributed by atoms with Crippen LogP contribution in [0.2, 0.25) is 0 Å². The predicted molar refractivity (Wildman–Crippen MR) is 73.4 cm³/mol. The molecule has 4 nitrogen and oxygen atoms in total. The van der Waals surface area contributed by atoms with E-state index in [0.29, 0.717) is 6.42 Å². The van der Waals surface area contributed by atoms with E-state index >= 15 is 0 Å². The van der Waals surface area contributed by atoms with E-state index in [0.717, 1.165) is 43.6 Å². The molecule has 1 aromatic rings. The van der Waals surface area contributed by atoms with Gasteiger partial charge in [0, 0.05) is 24.2 Å². The summed E-state index contributed by atoms with van der Waals surface area (Å²) in [6, 6.07) is 7.41. The number of carbonyl (C=O) groups excluding carboxylic acids is 2. The lowest BCUT2D eigenvalue weighted by Crippen LogP contribution is -2.30. The first-order valence-corrected chi connectivity index (χ1v) is 6.94. The Morgan fingerprint density at radius 1 is 1.21 bits per heavy atom. The zero-order valence-electron chi connectivity index (χ0n) is 10.9. The highest BCUT2D eigenvalue weighted by atomic mass is 16.2. The molecule has 2 fully saturated rings. The summed E-state index contributed by atoms with van der Waals surface area (Å²) in [6.45, 7) is 1.72. The maximum absolute atomic E-state index is 12.2. The van der Waals surface area contributed by atoms with Crippen molar-refractivity contribution in [3.8, 4) is 0 Å². The van der Waals surface area contributed by atoms with Crippen molar-refractivity contribution in [1.82, 2.24) is 5.32 Å². The van der Waals surface area contributed by atoms with E-state index < -0.39 is 0 Å². The monoisotopic (exact) mass is 258 g/mol. The van der Waals surface area contributed by atoms with Gasteiger partial charge >= 0.3 is 0 Å². The topological polar surface area (TPSA) is 49.4 Å². The van der Waals surface area contributed by atoms with Crippen molar-refractivity contribution in [1.29, 1.82) is 0 Å². The van der Waals surface area contributed by atoms with Gasteiger partial charge in [-0.25, -0.2) is 0 Å². The van der Waals surface area contributed by atoms with E-state index in [-0.39, 0.29) is 17.7 Å². The molecule has 1 aromatic carbocycles. The second-order valence-electron chi connectivity index (χ2n) is 5.21. The van der Waals surface area contributed by atoms with Gasteiger partial charge in [0.1, 0.15) is 0 Å². The number of Topliss-reactive ketones (excluding diaryl/α,β-unsaturated/α-hetero) is 1. The highest BCUT2D eigenvalue weighted by Crippen LogP contribution is 2.22. The highest BCUT2D eigenvalue weighted by molar-refractivity contribution is 6.01. The van der Waals surface area contributed by atoms with Crippen LogP contribution in [0.5, 0.6) is 0 Å². The molecule has 4 heteroatoms. The molecule has 0 bridgehead atoms. The van der Waals surface area contributed by atoms with E-state index in [1.165, 1.54) is 0 Å². The third-order valence-corrected chi connectivity index (χ3v) is 3.91. The zero-order chi connectivity index (χ0) is 13.2. The van der Waals surface area contributed by atoms with Crippen LogP contribution in [-0.2, 0) is 4.79 Å². The molecule has 2 heterocycles. The lowest BCUT2D eigenvalue weighted by atomic mass is 10.0. The molecule has 1 N–H and O–H groups in total. The molecule has 0 aliphatic carbocycles. The van der Waals surface area contributed by atoms with Crippen LogP contribution in [0, 0.1) is 0 Å². The molecule has 0 spiro atoms. The summed E-state index contributed by atoms with van der Waals surface area (Å²) < 4.78 is 0. The number of nitrogens with zero attached hydrogens (tertiary/aromatic N) is 1. The van der Waals surface area contributed by atoms with E-state index in [1.54, 1.807) is 4.90 Å². The number of nitrogens with one attached hydrogen (secondary N) is 1. The summed E-state index contributed by atoms with van der Waals surface area (Å²) in [5.74, 6) is 0.341.